The van der Waals surface area contributed by atoms with Crippen LogP contribution in [0.5, 0.6) is 0 Å². The molecule has 0 aliphatic rings. The largest absolute Gasteiger partial charge is 0.360 e. The molecule has 1 amide bonds. The maximum atomic E-state index is 12.0. The number of sulfonamides is 1. The van der Waals surface area contributed by atoms with Crippen molar-refractivity contribution in [2.24, 2.45) is 0 Å². The maximum absolute atomic E-state index is 12.0. The Morgan fingerprint density at radius 2 is 2.05 bits per heavy atom. The summed E-state index contributed by atoms with van der Waals surface area (Å²) < 4.78 is 30.6. The van der Waals surface area contributed by atoms with Crippen LogP contribution in [0.15, 0.2) is 21.6 Å². The molecule has 108 valence electrons. The first-order valence-corrected chi connectivity index (χ1v) is 7.92. The molecule has 0 aromatic carbocycles. The van der Waals surface area contributed by atoms with Gasteiger partial charge in [-0.05, 0) is 27.0 Å². The Morgan fingerprint density at radius 1 is 1.35 bits per heavy atom. The van der Waals surface area contributed by atoms with E-state index < -0.39 is 15.9 Å². The number of hydrogen-bond donors (Lipinski definition) is 2. The van der Waals surface area contributed by atoms with E-state index in [1.54, 1.807) is 19.9 Å². The van der Waals surface area contributed by atoms with Gasteiger partial charge in [-0.2, -0.15) is 0 Å². The molecule has 0 atom stereocenters. The Kier molecular flexibility index (Phi) is 3.93. The Bertz CT molecular complexity index is 746. The van der Waals surface area contributed by atoms with Crippen molar-refractivity contribution in [2.75, 3.05) is 12.4 Å². The number of aromatic nitrogens is 1. The minimum atomic E-state index is -3.56. The average Bonchev–Trinajstić information content (AvgIpc) is 2.96. The summed E-state index contributed by atoms with van der Waals surface area (Å²) in [4.78, 5) is 12.9. The minimum Gasteiger partial charge on any atom is -0.360 e. The van der Waals surface area contributed by atoms with Gasteiger partial charge in [-0.1, -0.05) is 5.16 Å². The van der Waals surface area contributed by atoms with Gasteiger partial charge in [0.05, 0.1) is 9.77 Å². The van der Waals surface area contributed by atoms with Crippen molar-refractivity contribution in [3.8, 4) is 0 Å². The zero-order chi connectivity index (χ0) is 14.9. The molecule has 0 fully saturated rings. The topological polar surface area (TPSA) is 101 Å². The standard InChI is InChI=1S/C11H13N3O4S2/c1-6-4-10(14-18-6)13-11(15)8-5-9(7(2)19-8)20(16,17)12-3/h4-5,12H,1-3H3,(H,13,14,15). The molecular formula is C11H13N3O4S2. The number of nitrogens with one attached hydrogen (secondary N) is 2. The average molecular weight is 315 g/mol. The normalized spacial score (nSPS) is 11.6. The number of nitrogens with zero attached hydrogens (tertiary/aromatic N) is 1. The summed E-state index contributed by atoms with van der Waals surface area (Å²) in [7, 11) is -2.24. The highest BCUT2D eigenvalue weighted by atomic mass is 32.2. The van der Waals surface area contributed by atoms with Crippen molar-refractivity contribution < 1.29 is 17.7 Å². The molecule has 2 aromatic rings. The molecule has 0 aliphatic heterocycles. The second-order valence-corrected chi connectivity index (χ2v) is 7.13. The number of amides is 1. The number of aryl methyl sites for hydroxylation is 2. The zero-order valence-corrected chi connectivity index (χ0v) is 12.7. The van der Waals surface area contributed by atoms with Crippen LogP contribution in [0.4, 0.5) is 5.82 Å². The Morgan fingerprint density at radius 3 is 2.60 bits per heavy atom. The third kappa shape index (κ3) is 2.89. The maximum Gasteiger partial charge on any atom is 0.267 e. The number of thiophene rings is 1. The Hall–Kier alpha value is -1.71. The summed E-state index contributed by atoms with van der Waals surface area (Å²) in [6.07, 6.45) is 0. The second kappa shape index (κ2) is 5.35. The molecule has 20 heavy (non-hydrogen) atoms. The van der Waals surface area contributed by atoms with Gasteiger partial charge >= 0.3 is 0 Å². The molecule has 2 rings (SSSR count). The molecule has 0 spiro atoms. The molecule has 0 saturated carbocycles. The molecule has 2 aromatic heterocycles. The van der Waals surface area contributed by atoms with E-state index in [-0.39, 0.29) is 15.6 Å². The quantitative estimate of drug-likeness (QED) is 0.890. The van der Waals surface area contributed by atoms with E-state index in [9.17, 15) is 13.2 Å². The SMILES string of the molecule is CNS(=O)(=O)c1cc(C(=O)Nc2cc(C)on2)sc1C. The van der Waals surface area contributed by atoms with Crippen LogP contribution >= 0.6 is 11.3 Å². The van der Waals surface area contributed by atoms with Crippen molar-refractivity contribution in [3.05, 3.63) is 27.6 Å². The summed E-state index contributed by atoms with van der Waals surface area (Å²) in [5, 5.41) is 6.18. The molecule has 2 N–H and O–H groups in total. The van der Waals surface area contributed by atoms with E-state index >= 15 is 0 Å². The summed E-state index contributed by atoms with van der Waals surface area (Å²) >= 11 is 1.10. The fourth-order valence-electron chi connectivity index (χ4n) is 1.56. The Labute approximate surface area is 120 Å². The fraction of sp³-hybridized carbons (Fsp3) is 0.273. The first kappa shape index (κ1) is 14.7. The molecular weight excluding hydrogens is 302 g/mol. The van der Waals surface area contributed by atoms with Gasteiger partial charge in [0.2, 0.25) is 10.0 Å². The smallest absolute Gasteiger partial charge is 0.267 e. The van der Waals surface area contributed by atoms with Gasteiger partial charge in [0, 0.05) is 10.9 Å². The monoisotopic (exact) mass is 315 g/mol. The van der Waals surface area contributed by atoms with Gasteiger partial charge in [0.15, 0.2) is 5.82 Å². The lowest BCUT2D eigenvalue weighted by Gasteiger charge is -1.99. The van der Waals surface area contributed by atoms with Crippen LogP contribution in [0, 0.1) is 13.8 Å². The number of hydrogen-bond acceptors (Lipinski definition) is 6. The van der Waals surface area contributed by atoms with E-state index in [0.29, 0.717) is 10.6 Å². The number of carbonyl (C=O) groups excluding carboxylic acids is 1. The summed E-state index contributed by atoms with van der Waals surface area (Å²) in [6.45, 7) is 3.35. The lowest BCUT2D eigenvalue weighted by atomic mass is 10.4. The summed E-state index contributed by atoms with van der Waals surface area (Å²) in [6, 6.07) is 2.91. The van der Waals surface area contributed by atoms with Crippen molar-refractivity contribution in [2.45, 2.75) is 18.7 Å². The summed E-state index contributed by atoms with van der Waals surface area (Å²) in [5.41, 5.74) is 0. The van der Waals surface area contributed by atoms with Gasteiger partial charge in [0.1, 0.15) is 5.76 Å². The van der Waals surface area contributed by atoms with Crippen LogP contribution in [0.25, 0.3) is 0 Å². The van der Waals surface area contributed by atoms with Crippen molar-refractivity contribution >= 4 is 33.1 Å². The van der Waals surface area contributed by atoms with Gasteiger partial charge in [0.25, 0.3) is 5.91 Å². The molecule has 2 heterocycles. The van der Waals surface area contributed by atoms with E-state index in [1.807, 2.05) is 0 Å². The van der Waals surface area contributed by atoms with Crippen molar-refractivity contribution in [3.63, 3.8) is 0 Å². The van der Waals surface area contributed by atoms with E-state index in [2.05, 4.69) is 15.2 Å². The van der Waals surface area contributed by atoms with Crippen molar-refractivity contribution in [1.82, 2.24) is 9.88 Å². The van der Waals surface area contributed by atoms with Crippen LogP contribution < -0.4 is 10.0 Å². The molecule has 0 radical (unpaired) electrons. The molecule has 7 nitrogen and oxygen atoms in total. The lowest BCUT2D eigenvalue weighted by Crippen LogP contribution is -2.18. The first-order chi connectivity index (χ1) is 9.33. The van der Waals surface area contributed by atoms with Crippen LogP contribution in [0.1, 0.15) is 20.3 Å². The van der Waals surface area contributed by atoms with Crippen molar-refractivity contribution in [1.29, 1.82) is 0 Å². The molecule has 9 heteroatoms. The highest BCUT2D eigenvalue weighted by Gasteiger charge is 2.21. The molecule has 0 bridgehead atoms. The fourth-order valence-corrected chi connectivity index (χ4v) is 3.77. The number of rotatable bonds is 4. The van der Waals surface area contributed by atoms with Crippen LogP contribution in [0.2, 0.25) is 0 Å². The summed E-state index contributed by atoms with van der Waals surface area (Å²) in [5.74, 6) is 0.432. The third-order valence-corrected chi connectivity index (χ3v) is 5.24. The van der Waals surface area contributed by atoms with Gasteiger partial charge in [-0.15, -0.1) is 11.3 Å². The highest BCUT2D eigenvalue weighted by molar-refractivity contribution is 7.89. The lowest BCUT2D eigenvalue weighted by molar-refractivity contribution is 0.102. The van der Waals surface area contributed by atoms with E-state index in [1.165, 1.54) is 13.1 Å². The zero-order valence-electron chi connectivity index (χ0n) is 11.1. The number of anilines is 1. The highest BCUT2D eigenvalue weighted by Crippen LogP contribution is 2.26. The van der Waals surface area contributed by atoms with Gasteiger partial charge in [-0.25, -0.2) is 13.1 Å². The third-order valence-electron chi connectivity index (χ3n) is 2.52. The number of carbonyl (C=O) groups is 1. The molecule has 0 saturated heterocycles. The molecule has 0 unspecified atom stereocenters. The van der Waals surface area contributed by atoms with Crippen LogP contribution in [0.3, 0.4) is 0 Å². The Balaban J connectivity index is 2.26. The predicted octanol–water partition coefficient (Wildman–Crippen LogP) is 1.51. The van der Waals surface area contributed by atoms with E-state index in [0.717, 1.165) is 11.3 Å². The second-order valence-electron chi connectivity index (χ2n) is 4.02. The molecule has 0 aliphatic carbocycles. The first-order valence-electron chi connectivity index (χ1n) is 5.62. The van der Waals surface area contributed by atoms with Gasteiger partial charge < -0.3 is 9.84 Å². The predicted molar refractivity (Wildman–Crippen MR) is 74.5 cm³/mol. The van der Waals surface area contributed by atoms with Crippen LogP contribution in [-0.4, -0.2) is 26.5 Å². The van der Waals surface area contributed by atoms with Crippen LogP contribution in [-0.2, 0) is 10.0 Å². The van der Waals surface area contributed by atoms with E-state index in [4.69, 9.17) is 4.52 Å². The van der Waals surface area contributed by atoms with Gasteiger partial charge in [-0.3, -0.25) is 4.79 Å². The minimum absolute atomic E-state index is 0.103.